The number of hydrogen-bond acceptors (Lipinski definition) is 6. The van der Waals surface area contributed by atoms with Crippen molar-refractivity contribution in [2.75, 3.05) is 7.11 Å². The summed E-state index contributed by atoms with van der Waals surface area (Å²) in [6.45, 7) is 5.20. The molecule has 0 aliphatic heterocycles. The summed E-state index contributed by atoms with van der Waals surface area (Å²) in [7, 11) is 3.38. The van der Waals surface area contributed by atoms with Crippen molar-refractivity contribution in [3.05, 3.63) is 29.6 Å². The Hall–Kier alpha value is -2.15. The molecule has 0 bridgehead atoms. The Bertz CT molecular complexity index is 582. The molecule has 2 aromatic rings. The van der Waals surface area contributed by atoms with Gasteiger partial charge in [-0.2, -0.15) is 4.80 Å². The van der Waals surface area contributed by atoms with E-state index in [1.54, 1.807) is 14.2 Å². The summed E-state index contributed by atoms with van der Waals surface area (Å²) >= 11 is 0. The minimum atomic E-state index is 0.287. The van der Waals surface area contributed by atoms with Crippen LogP contribution >= 0.6 is 0 Å². The Morgan fingerprint density at radius 3 is 2.76 bits per heavy atom. The highest BCUT2D eigenvalue weighted by Crippen LogP contribution is 2.24. The molecule has 0 aliphatic rings. The topological polar surface area (TPSA) is 74.1 Å². The molecule has 7 heteroatoms. The molecule has 0 saturated heterocycles. The van der Waals surface area contributed by atoms with E-state index in [0.717, 1.165) is 17.1 Å². The van der Waals surface area contributed by atoms with Crippen LogP contribution in [0, 0.1) is 0 Å². The number of hydrogen-bond donors (Lipinski definition) is 1. The van der Waals surface area contributed by atoms with E-state index in [-0.39, 0.29) is 6.61 Å². The number of rotatable bonds is 7. The van der Waals surface area contributed by atoms with Crippen LogP contribution in [-0.2, 0) is 20.2 Å². The van der Waals surface area contributed by atoms with Gasteiger partial charge in [-0.25, -0.2) is 0 Å². The predicted octanol–water partition coefficient (Wildman–Crippen LogP) is 1.30. The second-order valence-electron chi connectivity index (χ2n) is 4.99. The molecule has 0 atom stereocenters. The highest BCUT2D eigenvalue weighted by molar-refractivity contribution is 5.40. The summed E-state index contributed by atoms with van der Waals surface area (Å²) in [5.41, 5.74) is 1.03. The van der Waals surface area contributed by atoms with Crippen LogP contribution in [0.5, 0.6) is 11.5 Å². The molecular weight excluding hydrogens is 270 g/mol. The van der Waals surface area contributed by atoms with E-state index in [9.17, 15) is 0 Å². The average Bonchev–Trinajstić information content (AvgIpc) is 2.88. The van der Waals surface area contributed by atoms with Gasteiger partial charge in [0.25, 0.3) is 0 Å². The van der Waals surface area contributed by atoms with Crippen molar-refractivity contribution in [1.29, 1.82) is 0 Å². The molecule has 1 aromatic carbocycles. The summed E-state index contributed by atoms with van der Waals surface area (Å²) < 4.78 is 11.1. The fraction of sp³-hybridized carbons (Fsp3) is 0.500. The summed E-state index contributed by atoms with van der Waals surface area (Å²) in [6, 6.07) is 6.13. The first kappa shape index (κ1) is 15.2. The van der Waals surface area contributed by atoms with Crippen LogP contribution in [0.1, 0.15) is 25.2 Å². The number of methoxy groups -OCH3 is 1. The van der Waals surface area contributed by atoms with Crippen LogP contribution in [0.4, 0.5) is 0 Å². The Morgan fingerprint density at radius 2 is 2.14 bits per heavy atom. The number of ether oxygens (including phenoxy) is 2. The Kier molecular flexibility index (Phi) is 5.10. The monoisotopic (exact) mass is 291 g/mol. The molecule has 0 unspecified atom stereocenters. The lowest BCUT2D eigenvalue weighted by Gasteiger charge is -2.14. The Balaban J connectivity index is 2.09. The predicted molar refractivity (Wildman–Crippen MR) is 78.1 cm³/mol. The van der Waals surface area contributed by atoms with Gasteiger partial charge in [0.1, 0.15) is 11.5 Å². The van der Waals surface area contributed by atoms with Gasteiger partial charge in [0.15, 0.2) is 6.61 Å². The average molecular weight is 291 g/mol. The molecule has 0 fully saturated rings. The SMILES string of the molecule is COc1ccc(OCc2nnn(C)n2)c(CNC(C)C)c1. The van der Waals surface area contributed by atoms with E-state index < -0.39 is 0 Å². The van der Waals surface area contributed by atoms with Crippen LogP contribution < -0.4 is 14.8 Å². The fourth-order valence-corrected chi connectivity index (χ4v) is 1.80. The van der Waals surface area contributed by atoms with Gasteiger partial charge in [-0.15, -0.1) is 10.2 Å². The lowest BCUT2D eigenvalue weighted by atomic mass is 10.1. The second kappa shape index (κ2) is 7.03. The number of aryl methyl sites for hydroxylation is 1. The maximum Gasteiger partial charge on any atom is 0.212 e. The van der Waals surface area contributed by atoms with Gasteiger partial charge in [0.2, 0.25) is 5.82 Å². The normalized spacial score (nSPS) is 10.9. The first-order chi connectivity index (χ1) is 10.1. The molecule has 0 radical (unpaired) electrons. The lowest BCUT2D eigenvalue weighted by Crippen LogP contribution is -2.22. The number of nitrogens with zero attached hydrogens (tertiary/aromatic N) is 4. The minimum Gasteiger partial charge on any atom is -0.497 e. The van der Waals surface area contributed by atoms with Crippen LogP contribution in [0.3, 0.4) is 0 Å². The highest BCUT2D eigenvalue weighted by Gasteiger charge is 2.09. The zero-order valence-electron chi connectivity index (χ0n) is 12.8. The molecule has 7 nitrogen and oxygen atoms in total. The molecule has 2 rings (SSSR count). The largest absolute Gasteiger partial charge is 0.497 e. The maximum absolute atomic E-state index is 5.79. The molecule has 1 N–H and O–H groups in total. The number of aromatic nitrogens is 4. The van der Waals surface area contributed by atoms with Crippen LogP contribution in [0.15, 0.2) is 18.2 Å². The minimum absolute atomic E-state index is 0.287. The van der Waals surface area contributed by atoms with Gasteiger partial charge in [0.05, 0.1) is 14.2 Å². The van der Waals surface area contributed by atoms with Gasteiger partial charge >= 0.3 is 0 Å². The smallest absolute Gasteiger partial charge is 0.212 e. The Labute approximate surface area is 124 Å². The van der Waals surface area contributed by atoms with Crippen molar-refractivity contribution in [2.24, 2.45) is 7.05 Å². The second-order valence-corrected chi connectivity index (χ2v) is 4.99. The van der Waals surface area contributed by atoms with Crippen molar-refractivity contribution >= 4 is 0 Å². The summed E-state index contributed by atoms with van der Waals surface area (Å²) in [6.07, 6.45) is 0. The van der Waals surface area contributed by atoms with Crippen molar-refractivity contribution in [3.63, 3.8) is 0 Å². The van der Waals surface area contributed by atoms with Crippen LogP contribution in [0.25, 0.3) is 0 Å². The zero-order chi connectivity index (χ0) is 15.2. The van der Waals surface area contributed by atoms with Crippen molar-refractivity contribution < 1.29 is 9.47 Å². The number of benzene rings is 1. The summed E-state index contributed by atoms with van der Waals surface area (Å²) in [5.74, 6) is 2.15. The van der Waals surface area contributed by atoms with Crippen molar-refractivity contribution in [2.45, 2.75) is 33.0 Å². The van der Waals surface area contributed by atoms with E-state index in [1.807, 2.05) is 18.2 Å². The molecular formula is C14H21N5O2. The fourth-order valence-electron chi connectivity index (χ4n) is 1.80. The summed E-state index contributed by atoms with van der Waals surface area (Å²) in [5, 5.41) is 15.2. The molecule has 0 saturated carbocycles. The Morgan fingerprint density at radius 1 is 1.33 bits per heavy atom. The van der Waals surface area contributed by atoms with Gasteiger partial charge in [-0.05, 0) is 23.4 Å². The van der Waals surface area contributed by atoms with E-state index in [1.165, 1.54) is 4.80 Å². The molecule has 114 valence electrons. The number of tetrazole rings is 1. The van der Waals surface area contributed by atoms with Gasteiger partial charge < -0.3 is 14.8 Å². The summed E-state index contributed by atoms with van der Waals surface area (Å²) in [4.78, 5) is 1.41. The third-order valence-electron chi connectivity index (χ3n) is 2.87. The standard InChI is InChI=1S/C14H21N5O2/c1-10(2)15-8-11-7-12(20-4)5-6-13(11)21-9-14-16-18-19(3)17-14/h5-7,10,15H,8-9H2,1-4H3. The van der Waals surface area contributed by atoms with Crippen LogP contribution in [0.2, 0.25) is 0 Å². The first-order valence-corrected chi connectivity index (χ1v) is 6.84. The van der Waals surface area contributed by atoms with Crippen molar-refractivity contribution in [3.8, 4) is 11.5 Å². The van der Waals surface area contributed by atoms with Gasteiger partial charge in [-0.3, -0.25) is 0 Å². The maximum atomic E-state index is 5.79. The quantitative estimate of drug-likeness (QED) is 0.828. The third kappa shape index (κ3) is 4.42. The molecule has 0 aliphatic carbocycles. The molecule has 21 heavy (non-hydrogen) atoms. The third-order valence-corrected chi connectivity index (χ3v) is 2.87. The molecule has 1 aromatic heterocycles. The van der Waals surface area contributed by atoms with Crippen LogP contribution in [-0.4, -0.2) is 33.4 Å². The van der Waals surface area contributed by atoms with Gasteiger partial charge in [0, 0.05) is 18.2 Å². The first-order valence-electron chi connectivity index (χ1n) is 6.84. The van der Waals surface area contributed by atoms with E-state index >= 15 is 0 Å². The molecule has 0 amide bonds. The number of nitrogens with one attached hydrogen (secondary N) is 1. The molecule has 1 heterocycles. The lowest BCUT2D eigenvalue weighted by molar-refractivity contribution is 0.290. The van der Waals surface area contributed by atoms with E-state index in [4.69, 9.17) is 9.47 Å². The van der Waals surface area contributed by atoms with Crippen molar-refractivity contribution in [1.82, 2.24) is 25.5 Å². The van der Waals surface area contributed by atoms with E-state index in [2.05, 4.69) is 34.6 Å². The zero-order valence-corrected chi connectivity index (χ0v) is 12.8. The highest BCUT2D eigenvalue weighted by atomic mass is 16.5. The van der Waals surface area contributed by atoms with Gasteiger partial charge in [-0.1, -0.05) is 13.8 Å². The molecule has 0 spiro atoms. The van der Waals surface area contributed by atoms with E-state index in [0.29, 0.717) is 18.4 Å².